The number of aromatic nitrogens is 2. The fraction of sp³-hybridized carbons (Fsp3) is 0.429. The maximum atomic E-state index is 6.82. The Morgan fingerprint density at radius 2 is 1.02 bits per heavy atom. The molecule has 0 bridgehead atoms. The number of hydrogen-bond donors (Lipinski definition) is 0. The summed E-state index contributed by atoms with van der Waals surface area (Å²) in [6.45, 7) is 29.2. The van der Waals surface area contributed by atoms with Gasteiger partial charge in [0, 0.05) is 33.3 Å². The molecule has 0 saturated heterocycles. The van der Waals surface area contributed by atoms with E-state index >= 15 is 0 Å². The van der Waals surface area contributed by atoms with Crippen LogP contribution in [-0.2, 0) is 12.8 Å². The zero-order chi connectivity index (χ0) is 36.4. The Bertz CT molecular complexity index is 1900. The minimum atomic E-state index is -1.96. The van der Waals surface area contributed by atoms with Crippen LogP contribution in [0.3, 0.4) is 0 Å². The molecule has 7 heteroatoms. The van der Waals surface area contributed by atoms with Gasteiger partial charge in [0.1, 0.15) is 17.2 Å². The molecule has 262 valence electrons. The SMILES string of the molecule is COc1ccc(CCc2nc3ccccc3c(O[Si](C)(C)C(C)(C)C)c2C)cc1.Cc1nc2ccccc2c(O[Si](C)(C)C(C)(C)C)c1C. The fourth-order valence-corrected chi connectivity index (χ4v) is 7.26. The van der Waals surface area contributed by atoms with Crippen LogP contribution in [-0.4, -0.2) is 33.7 Å². The number of benzene rings is 3. The molecule has 49 heavy (non-hydrogen) atoms. The van der Waals surface area contributed by atoms with Crippen molar-refractivity contribution in [2.24, 2.45) is 0 Å². The normalized spacial score (nSPS) is 12.4. The predicted molar refractivity (Wildman–Crippen MR) is 214 cm³/mol. The van der Waals surface area contributed by atoms with Gasteiger partial charge < -0.3 is 13.6 Å². The van der Waals surface area contributed by atoms with Crippen LogP contribution in [0.4, 0.5) is 0 Å². The molecule has 0 spiro atoms. The van der Waals surface area contributed by atoms with Gasteiger partial charge in [-0.25, -0.2) is 0 Å². The first kappa shape index (κ1) is 38.1. The molecule has 0 unspecified atom stereocenters. The van der Waals surface area contributed by atoms with Crippen molar-refractivity contribution >= 4 is 38.4 Å². The van der Waals surface area contributed by atoms with Gasteiger partial charge in [-0.2, -0.15) is 0 Å². The summed E-state index contributed by atoms with van der Waals surface area (Å²) in [5.41, 5.74) is 7.81. The Kier molecular flexibility index (Phi) is 11.4. The van der Waals surface area contributed by atoms with Crippen LogP contribution in [0.2, 0.25) is 36.3 Å². The highest BCUT2D eigenvalue weighted by atomic mass is 28.4. The monoisotopic (exact) mass is 694 g/mol. The van der Waals surface area contributed by atoms with Crippen LogP contribution < -0.4 is 13.6 Å². The van der Waals surface area contributed by atoms with Crippen molar-refractivity contribution in [3.05, 3.63) is 101 Å². The Labute approximate surface area is 297 Å². The Hall–Kier alpha value is -3.69. The lowest BCUT2D eigenvalue weighted by atomic mass is 10.0. The minimum Gasteiger partial charge on any atom is -0.543 e. The molecule has 0 saturated carbocycles. The number of hydrogen-bond acceptors (Lipinski definition) is 5. The summed E-state index contributed by atoms with van der Waals surface area (Å²) in [6, 6.07) is 24.9. The largest absolute Gasteiger partial charge is 0.543 e. The highest BCUT2D eigenvalue weighted by Crippen LogP contribution is 2.42. The van der Waals surface area contributed by atoms with Crippen LogP contribution in [0.15, 0.2) is 72.8 Å². The number of fused-ring (bicyclic) bond motifs is 2. The molecule has 2 heterocycles. The molecule has 0 amide bonds. The lowest BCUT2D eigenvalue weighted by Gasteiger charge is -2.37. The average molecular weight is 695 g/mol. The number of ether oxygens (including phenoxy) is 1. The number of nitrogens with zero attached hydrogens (tertiary/aromatic N) is 2. The summed E-state index contributed by atoms with van der Waals surface area (Å²) in [5, 5.41) is 2.58. The van der Waals surface area contributed by atoms with E-state index in [1.807, 2.05) is 24.3 Å². The Balaban J connectivity index is 0.000000237. The van der Waals surface area contributed by atoms with Crippen molar-refractivity contribution in [3.8, 4) is 17.2 Å². The van der Waals surface area contributed by atoms with Crippen LogP contribution in [0, 0.1) is 20.8 Å². The van der Waals surface area contributed by atoms with E-state index in [9.17, 15) is 0 Å². The summed E-state index contributed by atoms with van der Waals surface area (Å²) in [4.78, 5) is 9.65. The van der Waals surface area contributed by atoms with E-state index in [0.29, 0.717) is 0 Å². The van der Waals surface area contributed by atoms with Crippen molar-refractivity contribution in [1.82, 2.24) is 9.97 Å². The van der Waals surface area contributed by atoms with E-state index in [1.165, 1.54) is 11.1 Å². The molecule has 5 nitrogen and oxygen atoms in total. The van der Waals surface area contributed by atoms with Crippen LogP contribution in [0.25, 0.3) is 21.8 Å². The number of aryl methyl sites for hydroxylation is 3. The predicted octanol–water partition coefficient (Wildman–Crippen LogP) is 12.0. The van der Waals surface area contributed by atoms with E-state index in [1.54, 1.807) is 7.11 Å². The van der Waals surface area contributed by atoms with Gasteiger partial charge in [0.25, 0.3) is 16.6 Å². The van der Waals surface area contributed by atoms with Crippen molar-refractivity contribution in [3.63, 3.8) is 0 Å². The Morgan fingerprint density at radius 1 is 0.571 bits per heavy atom. The molecular formula is C42H58N2O3Si2. The molecule has 0 N–H and O–H groups in total. The molecule has 0 radical (unpaired) electrons. The molecule has 3 aromatic carbocycles. The molecule has 2 aromatic heterocycles. The van der Waals surface area contributed by atoms with E-state index < -0.39 is 16.6 Å². The van der Waals surface area contributed by atoms with Crippen LogP contribution in [0.5, 0.6) is 17.2 Å². The first-order valence-corrected chi connectivity index (χ1v) is 23.3. The quantitative estimate of drug-likeness (QED) is 0.151. The lowest BCUT2D eigenvalue weighted by molar-refractivity contribution is 0.414. The van der Waals surface area contributed by atoms with Crippen molar-refractivity contribution in [2.75, 3.05) is 7.11 Å². The van der Waals surface area contributed by atoms with Gasteiger partial charge in [-0.3, -0.25) is 9.97 Å². The first-order valence-electron chi connectivity index (χ1n) is 17.5. The Morgan fingerprint density at radius 3 is 1.49 bits per heavy atom. The maximum absolute atomic E-state index is 6.82. The topological polar surface area (TPSA) is 53.5 Å². The zero-order valence-corrected chi connectivity index (χ0v) is 34.5. The molecule has 5 rings (SSSR count). The van der Waals surface area contributed by atoms with Crippen molar-refractivity contribution in [1.29, 1.82) is 0 Å². The fourth-order valence-electron chi connectivity index (χ4n) is 5.10. The first-order chi connectivity index (χ1) is 22.8. The standard InChI is InChI=1S/C25H33NO2Si.C17H25NOSi/c1-18-22(17-14-19-12-15-20(27-5)16-13-19)26-23-11-9-8-10-21(23)24(18)28-29(6,7)25(2,3)4;1-12-13(2)18-15-11-9-8-10-14(15)16(12)19-20(6,7)17(3,4)5/h8-13,15-16H,14,17H2,1-7H3;8-11H,1-7H3. The summed E-state index contributed by atoms with van der Waals surface area (Å²) < 4.78 is 18.7. The summed E-state index contributed by atoms with van der Waals surface area (Å²) in [5.74, 6) is 2.94. The highest BCUT2D eigenvalue weighted by molar-refractivity contribution is 6.75. The van der Waals surface area contributed by atoms with Gasteiger partial charge in [-0.05, 0) is 112 Å². The number of methoxy groups -OCH3 is 1. The van der Waals surface area contributed by atoms with E-state index in [4.69, 9.17) is 18.6 Å². The third kappa shape index (κ3) is 8.73. The van der Waals surface area contributed by atoms with Gasteiger partial charge in [-0.15, -0.1) is 0 Å². The number of rotatable bonds is 8. The third-order valence-corrected chi connectivity index (χ3v) is 19.3. The molecular weight excluding hydrogens is 637 g/mol. The third-order valence-electron chi connectivity index (χ3n) is 10.6. The van der Waals surface area contributed by atoms with E-state index in [0.717, 1.165) is 68.8 Å². The number of pyridine rings is 2. The second-order valence-corrected chi connectivity index (χ2v) is 25.7. The molecule has 0 aliphatic rings. The van der Waals surface area contributed by atoms with Gasteiger partial charge in [0.2, 0.25) is 0 Å². The van der Waals surface area contributed by atoms with E-state index in [-0.39, 0.29) is 10.1 Å². The second kappa shape index (κ2) is 14.7. The molecule has 5 aromatic rings. The van der Waals surface area contributed by atoms with Gasteiger partial charge in [-0.1, -0.05) is 77.9 Å². The van der Waals surface area contributed by atoms with Gasteiger partial charge >= 0.3 is 0 Å². The summed E-state index contributed by atoms with van der Waals surface area (Å²) >= 11 is 0. The zero-order valence-electron chi connectivity index (χ0n) is 32.5. The summed E-state index contributed by atoms with van der Waals surface area (Å²) in [6.07, 6.45) is 1.83. The summed E-state index contributed by atoms with van der Waals surface area (Å²) in [7, 11) is -2.11. The van der Waals surface area contributed by atoms with Crippen LogP contribution in [0.1, 0.15) is 69.6 Å². The maximum Gasteiger partial charge on any atom is 0.250 e. The molecule has 0 aliphatic carbocycles. The van der Waals surface area contributed by atoms with E-state index in [2.05, 4.69) is 142 Å². The van der Waals surface area contributed by atoms with Crippen molar-refractivity contribution < 1.29 is 13.6 Å². The average Bonchev–Trinajstić information content (AvgIpc) is 3.03. The molecule has 0 aliphatic heterocycles. The lowest BCUT2D eigenvalue weighted by Crippen LogP contribution is -2.44. The number of para-hydroxylation sites is 2. The smallest absolute Gasteiger partial charge is 0.250 e. The van der Waals surface area contributed by atoms with Gasteiger partial charge in [0.05, 0.1) is 18.1 Å². The van der Waals surface area contributed by atoms with Crippen LogP contribution >= 0.6 is 0 Å². The highest BCUT2D eigenvalue weighted by Gasteiger charge is 2.40. The van der Waals surface area contributed by atoms with Crippen molar-refractivity contribution in [2.45, 2.75) is 111 Å². The minimum absolute atomic E-state index is 0.146. The van der Waals surface area contributed by atoms with Gasteiger partial charge in [0.15, 0.2) is 0 Å². The second-order valence-electron chi connectivity index (χ2n) is 16.3. The molecule has 0 fully saturated rings. The molecule has 0 atom stereocenters.